The first-order valence-electron chi connectivity index (χ1n) is 6.51. The van der Waals surface area contributed by atoms with Crippen molar-refractivity contribution in [3.05, 3.63) is 35.4 Å². The first-order chi connectivity index (χ1) is 8.29. The lowest BCUT2D eigenvalue weighted by Crippen LogP contribution is -2.09. The second kappa shape index (κ2) is 7.13. The molecule has 2 nitrogen and oxygen atoms in total. The smallest absolute Gasteiger partial charge is 0.0577 e. The number of anilines is 1. The van der Waals surface area contributed by atoms with Gasteiger partial charge in [0.15, 0.2) is 0 Å². The Morgan fingerprint density at radius 3 is 2.82 bits per heavy atom. The van der Waals surface area contributed by atoms with Crippen LogP contribution in [-0.2, 0) is 6.42 Å². The number of nitrogens with one attached hydrogen (secondary N) is 1. The van der Waals surface area contributed by atoms with E-state index in [1.165, 1.54) is 16.8 Å². The van der Waals surface area contributed by atoms with Crippen LogP contribution in [0.1, 0.15) is 38.3 Å². The van der Waals surface area contributed by atoms with Gasteiger partial charge in [-0.05, 0) is 36.1 Å². The quantitative estimate of drug-likeness (QED) is 0.838. The molecule has 1 atom stereocenters. The van der Waals surface area contributed by atoms with Crippen LogP contribution in [0.15, 0.2) is 24.3 Å². The van der Waals surface area contributed by atoms with E-state index in [2.05, 4.69) is 35.7 Å². The molecule has 0 amide bonds. The maximum atomic E-state index is 9.58. The van der Waals surface area contributed by atoms with Crippen LogP contribution in [0, 0.1) is 0 Å². The van der Waals surface area contributed by atoms with E-state index < -0.39 is 0 Å². The Morgan fingerprint density at radius 2 is 2.12 bits per heavy atom. The van der Waals surface area contributed by atoms with Crippen LogP contribution in [-0.4, -0.2) is 17.8 Å². The summed E-state index contributed by atoms with van der Waals surface area (Å²) >= 11 is 0. The van der Waals surface area contributed by atoms with Gasteiger partial charge in [0.2, 0.25) is 0 Å². The van der Waals surface area contributed by atoms with E-state index in [4.69, 9.17) is 0 Å². The molecule has 2 rings (SSSR count). The van der Waals surface area contributed by atoms with Gasteiger partial charge in [-0.15, -0.1) is 0 Å². The van der Waals surface area contributed by atoms with E-state index in [-0.39, 0.29) is 6.10 Å². The van der Waals surface area contributed by atoms with Crippen molar-refractivity contribution in [2.75, 3.05) is 11.9 Å². The molecule has 1 aromatic rings. The molecule has 0 aromatic heterocycles. The third-order valence-electron chi connectivity index (χ3n) is 2.77. The van der Waals surface area contributed by atoms with Gasteiger partial charge in [-0.25, -0.2) is 0 Å². The van der Waals surface area contributed by atoms with Gasteiger partial charge in [-0.2, -0.15) is 0 Å². The van der Waals surface area contributed by atoms with E-state index in [9.17, 15) is 5.11 Å². The molecule has 1 aliphatic rings. The van der Waals surface area contributed by atoms with Gasteiger partial charge in [0, 0.05) is 12.2 Å². The van der Waals surface area contributed by atoms with Gasteiger partial charge in [0.05, 0.1) is 6.10 Å². The third-order valence-corrected chi connectivity index (χ3v) is 2.77. The summed E-state index contributed by atoms with van der Waals surface area (Å²) in [5, 5.41) is 12.9. The third kappa shape index (κ3) is 3.90. The van der Waals surface area contributed by atoms with E-state index >= 15 is 0 Å². The maximum Gasteiger partial charge on any atom is 0.0577 e. The molecule has 1 heterocycles. The topological polar surface area (TPSA) is 32.3 Å². The van der Waals surface area contributed by atoms with Crippen molar-refractivity contribution in [1.82, 2.24) is 0 Å². The molecule has 0 saturated carbocycles. The number of aliphatic hydroxyl groups excluding tert-OH is 1. The first-order valence-corrected chi connectivity index (χ1v) is 6.51. The molecular formula is C15H23NO. The highest BCUT2D eigenvalue weighted by Gasteiger charge is 2.07. The number of aliphatic hydroxyl groups is 1. The Kier molecular flexibility index (Phi) is 5.78. The Morgan fingerprint density at radius 1 is 1.35 bits per heavy atom. The molecule has 0 aliphatic carbocycles. The summed E-state index contributed by atoms with van der Waals surface area (Å²) in [6, 6.07) is 6.33. The minimum atomic E-state index is -0.219. The number of fused-ring (bicyclic) bond motifs is 1. The molecule has 17 heavy (non-hydrogen) atoms. The molecule has 1 aromatic carbocycles. The first kappa shape index (κ1) is 13.8. The molecule has 0 spiro atoms. The Labute approximate surface area is 104 Å². The van der Waals surface area contributed by atoms with Crippen molar-refractivity contribution in [2.45, 2.75) is 39.7 Å². The normalized spacial score (nSPS) is 14.1. The summed E-state index contributed by atoms with van der Waals surface area (Å²) < 4.78 is 0. The van der Waals surface area contributed by atoms with Crippen LogP contribution in [0.4, 0.5) is 5.69 Å². The van der Waals surface area contributed by atoms with Gasteiger partial charge in [0.1, 0.15) is 0 Å². The molecule has 0 radical (unpaired) electrons. The second-order valence-electron chi connectivity index (χ2n) is 3.97. The van der Waals surface area contributed by atoms with Crippen LogP contribution in [0.3, 0.4) is 0 Å². The summed E-state index contributed by atoms with van der Waals surface area (Å²) in [5.41, 5.74) is 3.62. The van der Waals surface area contributed by atoms with Crippen LogP contribution in [0.5, 0.6) is 0 Å². The Bertz CT molecular complexity index is 371. The van der Waals surface area contributed by atoms with Crippen LogP contribution >= 0.6 is 0 Å². The van der Waals surface area contributed by atoms with Crippen molar-refractivity contribution in [1.29, 1.82) is 0 Å². The second-order valence-corrected chi connectivity index (χ2v) is 3.97. The average Bonchev–Trinajstić information content (AvgIpc) is 2.41. The lowest BCUT2D eigenvalue weighted by atomic mass is 10.0. The largest absolute Gasteiger partial charge is 0.393 e. The van der Waals surface area contributed by atoms with Crippen LogP contribution in [0.25, 0.3) is 6.08 Å². The summed E-state index contributed by atoms with van der Waals surface area (Å²) in [5.74, 6) is 0. The zero-order valence-electron chi connectivity index (χ0n) is 11.0. The molecule has 0 saturated heterocycles. The monoisotopic (exact) mass is 233 g/mol. The van der Waals surface area contributed by atoms with Gasteiger partial charge < -0.3 is 10.4 Å². The van der Waals surface area contributed by atoms with Crippen molar-refractivity contribution in [2.24, 2.45) is 0 Å². The molecular weight excluding hydrogens is 210 g/mol. The Balaban J connectivity index is 0.000000686. The molecule has 94 valence electrons. The maximum absolute atomic E-state index is 9.58. The lowest BCUT2D eigenvalue weighted by molar-refractivity contribution is 0.171. The van der Waals surface area contributed by atoms with E-state index in [1.54, 1.807) is 0 Å². The number of hydrogen-bond acceptors (Lipinski definition) is 2. The number of rotatable bonds is 3. The van der Waals surface area contributed by atoms with Gasteiger partial charge in [-0.1, -0.05) is 39.0 Å². The zero-order valence-corrected chi connectivity index (χ0v) is 11.0. The van der Waals surface area contributed by atoms with E-state index in [0.29, 0.717) is 0 Å². The zero-order chi connectivity index (χ0) is 12.7. The van der Waals surface area contributed by atoms with E-state index in [0.717, 1.165) is 19.4 Å². The van der Waals surface area contributed by atoms with Crippen LogP contribution in [0.2, 0.25) is 0 Å². The number of benzene rings is 1. The summed E-state index contributed by atoms with van der Waals surface area (Å²) in [6.45, 7) is 6.91. The minimum Gasteiger partial charge on any atom is -0.393 e. The fraction of sp³-hybridized carbons (Fsp3) is 0.467. The van der Waals surface area contributed by atoms with Crippen molar-refractivity contribution in [3.63, 3.8) is 0 Å². The highest BCUT2D eigenvalue weighted by molar-refractivity contribution is 5.70. The van der Waals surface area contributed by atoms with E-state index in [1.807, 2.05) is 20.8 Å². The van der Waals surface area contributed by atoms with Crippen molar-refractivity contribution < 1.29 is 5.11 Å². The molecule has 2 N–H and O–H groups in total. The molecule has 0 bridgehead atoms. The molecule has 0 fully saturated rings. The standard InChI is InChI=1S/C13H17NO.C2H6/c1-2-12(15)9-10-5-6-13-11(8-10)4-3-7-14-13;1-2/h3-6,8,12,14-15H,2,7,9H2,1H3;1-2H3. The van der Waals surface area contributed by atoms with Gasteiger partial charge in [0.25, 0.3) is 0 Å². The van der Waals surface area contributed by atoms with Crippen molar-refractivity contribution >= 4 is 11.8 Å². The molecule has 1 unspecified atom stereocenters. The minimum absolute atomic E-state index is 0.219. The predicted octanol–water partition coefficient (Wildman–Crippen LogP) is 3.46. The Hall–Kier alpha value is -1.28. The highest BCUT2D eigenvalue weighted by atomic mass is 16.3. The van der Waals surface area contributed by atoms with Gasteiger partial charge in [-0.3, -0.25) is 0 Å². The van der Waals surface area contributed by atoms with Gasteiger partial charge >= 0.3 is 0 Å². The summed E-state index contributed by atoms with van der Waals surface area (Å²) in [7, 11) is 0. The lowest BCUT2D eigenvalue weighted by Gasteiger charge is -2.15. The fourth-order valence-corrected chi connectivity index (χ4v) is 1.81. The summed E-state index contributed by atoms with van der Waals surface area (Å²) in [6.07, 6.45) is 5.59. The molecule has 2 heteroatoms. The fourth-order valence-electron chi connectivity index (χ4n) is 1.81. The predicted molar refractivity (Wildman–Crippen MR) is 75.3 cm³/mol. The SMILES string of the molecule is CC.CCC(O)Cc1ccc2c(c1)C=CCN2. The molecule has 1 aliphatic heterocycles. The average molecular weight is 233 g/mol. The number of hydrogen-bond donors (Lipinski definition) is 2. The van der Waals surface area contributed by atoms with Crippen molar-refractivity contribution in [3.8, 4) is 0 Å². The van der Waals surface area contributed by atoms with Crippen LogP contribution < -0.4 is 5.32 Å². The highest BCUT2D eigenvalue weighted by Crippen LogP contribution is 2.22. The summed E-state index contributed by atoms with van der Waals surface area (Å²) in [4.78, 5) is 0.